The Bertz CT molecular complexity index is 1010. The van der Waals surface area contributed by atoms with Crippen LogP contribution < -0.4 is 10.2 Å². The third-order valence-electron chi connectivity index (χ3n) is 4.77. The molecule has 1 N–H and O–H groups in total. The third-order valence-corrected chi connectivity index (χ3v) is 5.12. The number of nitrogens with zero attached hydrogens (tertiary/aromatic N) is 1. The van der Waals surface area contributed by atoms with Gasteiger partial charge in [-0.05, 0) is 68.7 Å². The average Bonchev–Trinajstić information content (AvgIpc) is 2.96. The summed E-state index contributed by atoms with van der Waals surface area (Å²) in [4.78, 5) is 38.5. The number of amides is 2. The fourth-order valence-corrected chi connectivity index (χ4v) is 3.37. The first-order chi connectivity index (χ1) is 14.8. The molecule has 3 rings (SSSR count). The standard InChI is InChI=1S/C24H25ClN2O4/c1-4-5-6-16-7-11-18(12-8-16)26-21-20(25)22(28)27(23(21)29)19-13-9-17(10-14-19)24(30)31-15(2)3/h7-15,26H,4-6H2,1-3H3. The number of carbonyl (C=O) groups is 3. The van der Waals surface area contributed by atoms with E-state index in [-0.39, 0.29) is 16.8 Å². The molecule has 0 aromatic heterocycles. The summed E-state index contributed by atoms with van der Waals surface area (Å²) in [5.41, 5.74) is 2.55. The molecule has 0 saturated carbocycles. The second-order valence-electron chi connectivity index (χ2n) is 7.56. The molecule has 0 bridgehead atoms. The maximum absolute atomic E-state index is 12.9. The van der Waals surface area contributed by atoms with Gasteiger partial charge in [0, 0.05) is 5.69 Å². The van der Waals surface area contributed by atoms with Gasteiger partial charge in [-0.1, -0.05) is 37.1 Å². The SMILES string of the molecule is CCCCc1ccc(NC2=C(Cl)C(=O)N(c3ccc(C(=O)OC(C)C)cc3)C2=O)cc1. The summed E-state index contributed by atoms with van der Waals surface area (Å²) in [6, 6.07) is 13.7. The van der Waals surface area contributed by atoms with Crippen LogP contribution in [0.5, 0.6) is 0 Å². The number of ether oxygens (including phenoxy) is 1. The highest BCUT2D eigenvalue weighted by molar-refractivity contribution is 6.53. The fraction of sp³-hybridized carbons (Fsp3) is 0.292. The van der Waals surface area contributed by atoms with Crippen molar-refractivity contribution in [2.45, 2.75) is 46.1 Å². The van der Waals surface area contributed by atoms with Crippen LogP contribution in [0.25, 0.3) is 0 Å². The molecule has 2 aromatic carbocycles. The van der Waals surface area contributed by atoms with Gasteiger partial charge in [-0.25, -0.2) is 9.69 Å². The normalized spacial score (nSPS) is 13.9. The molecule has 0 radical (unpaired) electrons. The van der Waals surface area contributed by atoms with Gasteiger partial charge in [0.2, 0.25) is 0 Å². The van der Waals surface area contributed by atoms with Crippen LogP contribution in [0.3, 0.4) is 0 Å². The number of carbonyl (C=O) groups excluding carboxylic acids is 3. The van der Waals surface area contributed by atoms with Gasteiger partial charge in [-0.2, -0.15) is 0 Å². The lowest BCUT2D eigenvalue weighted by Gasteiger charge is -2.16. The van der Waals surface area contributed by atoms with Crippen molar-refractivity contribution in [2.24, 2.45) is 0 Å². The maximum atomic E-state index is 12.9. The molecule has 6 nitrogen and oxygen atoms in total. The first-order valence-electron chi connectivity index (χ1n) is 10.3. The van der Waals surface area contributed by atoms with E-state index in [1.807, 2.05) is 24.3 Å². The van der Waals surface area contributed by atoms with Gasteiger partial charge in [0.1, 0.15) is 10.7 Å². The molecular weight excluding hydrogens is 416 g/mol. The summed E-state index contributed by atoms with van der Waals surface area (Å²) in [6.45, 7) is 5.66. The summed E-state index contributed by atoms with van der Waals surface area (Å²) in [6.07, 6.45) is 2.98. The molecule has 1 heterocycles. The van der Waals surface area contributed by atoms with Gasteiger partial charge < -0.3 is 10.1 Å². The van der Waals surface area contributed by atoms with Crippen molar-refractivity contribution in [3.05, 3.63) is 70.4 Å². The first-order valence-corrected chi connectivity index (χ1v) is 10.6. The quantitative estimate of drug-likeness (QED) is 0.460. The number of halogens is 1. The molecule has 31 heavy (non-hydrogen) atoms. The second-order valence-corrected chi connectivity index (χ2v) is 7.94. The Morgan fingerprint density at radius 2 is 1.68 bits per heavy atom. The molecule has 162 valence electrons. The minimum absolute atomic E-state index is 0.0243. The van der Waals surface area contributed by atoms with E-state index in [0.717, 1.165) is 24.2 Å². The van der Waals surface area contributed by atoms with Crippen LogP contribution >= 0.6 is 11.6 Å². The van der Waals surface area contributed by atoms with E-state index in [4.69, 9.17) is 16.3 Å². The molecule has 0 saturated heterocycles. The largest absolute Gasteiger partial charge is 0.459 e. The van der Waals surface area contributed by atoms with Gasteiger partial charge in [-0.3, -0.25) is 9.59 Å². The maximum Gasteiger partial charge on any atom is 0.338 e. The summed E-state index contributed by atoms with van der Waals surface area (Å²) < 4.78 is 5.15. The zero-order valence-corrected chi connectivity index (χ0v) is 18.5. The van der Waals surface area contributed by atoms with Crippen molar-refractivity contribution in [2.75, 3.05) is 10.2 Å². The van der Waals surface area contributed by atoms with E-state index in [1.54, 1.807) is 13.8 Å². The Kier molecular flexibility index (Phi) is 7.13. The average molecular weight is 441 g/mol. The van der Waals surface area contributed by atoms with Crippen molar-refractivity contribution in [1.82, 2.24) is 0 Å². The number of imide groups is 1. The molecule has 0 aliphatic carbocycles. The number of esters is 1. The Morgan fingerprint density at radius 3 is 2.26 bits per heavy atom. The topological polar surface area (TPSA) is 75.7 Å². The van der Waals surface area contributed by atoms with Gasteiger partial charge in [0.25, 0.3) is 11.8 Å². The van der Waals surface area contributed by atoms with E-state index in [0.29, 0.717) is 16.9 Å². The smallest absolute Gasteiger partial charge is 0.338 e. The predicted octanol–water partition coefficient (Wildman–Crippen LogP) is 5.03. The highest BCUT2D eigenvalue weighted by Crippen LogP contribution is 2.30. The van der Waals surface area contributed by atoms with E-state index in [1.165, 1.54) is 29.8 Å². The van der Waals surface area contributed by atoms with E-state index in [2.05, 4.69) is 12.2 Å². The lowest BCUT2D eigenvalue weighted by molar-refractivity contribution is -0.120. The molecule has 7 heteroatoms. The van der Waals surface area contributed by atoms with E-state index in [9.17, 15) is 14.4 Å². The van der Waals surface area contributed by atoms with Crippen LogP contribution in [0.15, 0.2) is 59.3 Å². The summed E-state index contributed by atoms with van der Waals surface area (Å²) in [5.74, 6) is -1.64. The number of nitrogens with one attached hydrogen (secondary N) is 1. The summed E-state index contributed by atoms with van der Waals surface area (Å²) in [5, 5.41) is 2.79. The Hall–Kier alpha value is -3.12. The molecule has 0 fully saturated rings. The van der Waals surface area contributed by atoms with E-state index >= 15 is 0 Å². The zero-order chi connectivity index (χ0) is 22.5. The van der Waals surface area contributed by atoms with Crippen LogP contribution in [-0.2, 0) is 20.7 Å². The monoisotopic (exact) mass is 440 g/mol. The number of aryl methyl sites for hydroxylation is 1. The Labute approximate surface area is 186 Å². The number of unbranched alkanes of at least 4 members (excludes halogenated alkanes) is 1. The van der Waals surface area contributed by atoms with Crippen LogP contribution in [-0.4, -0.2) is 23.9 Å². The molecular formula is C24H25ClN2O4. The van der Waals surface area contributed by atoms with Crippen molar-refractivity contribution in [3.63, 3.8) is 0 Å². The van der Waals surface area contributed by atoms with Gasteiger partial charge in [0.15, 0.2) is 0 Å². The van der Waals surface area contributed by atoms with E-state index < -0.39 is 17.8 Å². The number of benzene rings is 2. The first kappa shape index (κ1) is 22.6. The molecule has 0 spiro atoms. The Balaban J connectivity index is 1.74. The van der Waals surface area contributed by atoms with Gasteiger partial charge in [0.05, 0.1) is 17.4 Å². The molecule has 1 aliphatic heterocycles. The predicted molar refractivity (Wildman–Crippen MR) is 121 cm³/mol. The second kappa shape index (κ2) is 9.79. The third kappa shape index (κ3) is 5.14. The van der Waals surface area contributed by atoms with Crippen LogP contribution in [0, 0.1) is 0 Å². The van der Waals surface area contributed by atoms with Crippen molar-refractivity contribution >= 4 is 40.8 Å². The summed E-state index contributed by atoms with van der Waals surface area (Å²) in [7, 11) is 0. The van der Waals surface area contributed by atoms with Crippen LogP contribution in [0.4, 0.5) is 11.4 Å². The number of hydrogen-bond acceptors (Lipinski definition) is 5. The van der Waals surface area contributed by atoms with Crippen LogP contribution in [0.1, 0.15) is 49.5 Å². The minimum Gasteiger partial charge on any atom is -0.459 e. The number of hydrogen-bond donors (Lipinski definition) is 1. The molecule has 2 aromatic rings. The Morgan fingerprint density at radius 1 is 1.03 bits per heavy atom. The summed E-state index contributed by atoms with van der Waals surface area (Å²) >= 11 is 6.19. The molecule has 0 unspecified atom stereocenters. The van der Waals surface area contributed by atoms with Gasteiger partial charge >= 0.3 is 5.97 Å². The van der Waals surface area contributed by atoms with Gasteiger partial charge in [-0.15, -0.1) is 0 Å². The zero-order valence-electron chi connectivity index (χ0n) is 17.8. The fourth-order valence-electron chi connectivity index (χ4n) is 3.15. The molecule has 1 aliphatic rings. The number of rotatable bonds is 8. The van der Waals surface area contributed by atoms with Crippen LogP contribution in [0.2, 0.25) is 0 Å². The highest BCUT2D eigenvalue weighted by Gasteiger charge is 2.39. The van der Waals surface area contributed by atoms with Crippen molar-refractivity contribution in [1.29, 1.82) is 0 Å². The lowest BCUT2D eigenvalue weighted by Crippen LogP contribution is -2.32. The number of anilines is 2. The molecule has 2 amide bonds. The highest BCUT2D eigenvalue weighted by atomic mass is 35.5. The lowest BCUT2D eigenvalue weighted by atomic mass is 10.1. The van der Waals surface area contributed by atoms with Crippen molar-refractivity contribution < 1.29 is 19.1 Å². The molecule has 0 atom stereocenters. The van der Waals surface area contributed by atoms with Crippen molar-refractivity contribution in [3.8, 4) is 0 Å². The minimum atomic E-state index is -0.619.